The second-order valence-electron chi connectivity index (χ2n) is 4.27. The molecule has 3 aliphatic carbocycles. The lowest BCUT2D eigenvalue weighted by atomic mass is 9.66. The highest BCUT2D eigenvalue weighted by atomic mass is 15.2. The summed E-state index contributed by atoms with van der Waals surface area (Å²) in [4.78, 5) is 0. The molecule has 0 aromatic rings. The molecule has 1 saturated heterocycles. The SMILES string of the molecule is C1CC2C3C4NC1C4C23. The lowest BCUT2D eigenvalue weighted by Crippen LogP contribution is -2.68. The molecule has 1 heterocycles. The Labute approximate surface area is 54.8 Å². The number of fused-ring (bicyclic) bond motifs is 2. The predicted molar refractivity (Wildman–Crippen MR) is 33.9 cm³/mol. The number of piperidine rings is 1. The number of hydrogen-bond acceptors (Lipinski definition) is 1. The zero-order valence-electron chi connectivity index (χ0n) is 5.38. The molecule has 1 heteroatoms. The van der Waals surface area contributed by atoms with Crippen molar-refractivity contribution in [1.82, 2.24) is 5.32 Å². The van der Waals surface area contributed by atoms with Crippen LogP contribution in [0.4, 0.5) is 0 Å². The van der Waals surface area contributed by atoms with Crippen molar-refractivity contribution in [3.63, 3.8) is 0 Å². The molecule has 4 rings (SSSR count). The van der Waals surface area contributed by atoms with Gasteiger partial charge in [0.15, 0.2) is 0 Å². The van der Waals surface area contributed by atoms with Crippen LogP contribution in [0.5, 0.6) is 0 Å². The van der Waals surface area contributed by atoms with E-state index < -0.39 is 0 Å². The van der Waals surface area contributed by atoms with E-state index in [-0.39, 0.29) is 0 Å². The largest absolute Gasteiger partial charge is 0.310 e. The molecule has 9 heavy (non-hydrogen) atoms. The van der Waals surface area contributed by atoms with E-state index in [9.17, 15) is 0 Å². The van der Waals surface area contributed by atoms with Crippen LogP contribution in [-0.4, -0.2) is 12.1 Å². The van der Waals surface area contributed by atoms with Crippen LogP contribution in [0.2, 0.25) is 0 Å². The van der Waals surface area contributed by atoms with Crippen LogP contribution < -0.4 is 5.32 Å². The standard InChI is InChI=1S/C8H11N/c1-2-4-7-5-3(1)6(5)8(7)9-4/h3-9H,1-2H2. The third-order valence-electron chi connectivity index (χ3n) is 4.25. The Kier molecular flexibility index (Phi) is 0.387. The second kappa shape index (κ2) is 0.878. The van der Waals surface area contributed by atoms with Crippen molar-refractivity contribution in [3.05, 3.63) is 0 Å². The van der Waals surface area contributed by atoms with Crippen molar-refractivity contribution >= 4 is 0 Å². The van der Waals surface area contributed by atoms with Crippen LogP contribution in [0.25, 0.3) is 0 Å². The predicted octanol–water partition coefficient (Wildman–Crippen LogP) is 0.613. The van der Waals surface area contributed by atoms with Gasteiger partial charge in [-0.15, -0.1) is 0 Å². The minimum Gasteiger partial charge on any atom is -0.310 e. The molecular weight excluding hydrogens is 110 g/mol. The van der Waals surface area contributed by atoms with Gasteiger partial charge in [0.05, 0.1) is 0 Å². The van der Waals surface area contributed by atoms with Gasteiger partial charge in [-0.25, -0.2) is 0 Å². The molecule has 3 saturated carbocycles. The summed E-state index contributed by atoms with van der Waals surface area (Å²) >= 11 is 0. The molecule has 1 nitrogen and oxygen atoms in total. The Hall–Kier alpha value is -0.0400. The van der Waals surface area contributed by atoms with Crippen LogP contribution in [-0.2, 0) is 0 Å². The van der Waals surface area contributed by atoms with E-state index in [2.05, 4.69) is 5.32 Å². The molecule has 0 amide bonds. The summed E-state index contributed by atoms with van der Waals surface area (Å²) < 4.78 is 0. The quantitative estimate of drug-likeness (QED) is 0.495. The molecule has 0 radical (unpaired) electrons. The average Bonchev–Trinajstić information content (AvgIpc) is 2.45. The monoisotopic (exact) mass is 121 g/mol. The van der Waals surface area contributed by atoms with Gasteiger partial charge in [-0.3, -0.25) is 0 Å². The molecule has 4 aliphatic rings. The van der Waals surface area contributed by atoms with Gasteiger partial charge in [0.1, 0.15) is 0 Å². The minimum absolute atomic E-state index is 0.981. The maximum absolute atomic E-state index is 3.66. The average molecular weight is 121 g/mol. The van der Waals surface area contributed by atoms with E-state index >= 15 is 0 Å². The fourth-order valence-electron chi connectivity index (χ4n) is 3.84. The van der Waals surface area contributed by atoms with Crippen molar-refractivity contribution in [1.29, 1.82) is 0 Å². The van der Waals surface area contributed by atoms with Crippen molar-refractivity contribution in [3.8, 4) is 0 Å². The lowest BCUT2D eigenvalue weighted by molar-refractivity contribution is 0.0189. The molecule has 0 spiro atoms. The first-order valence-corrected chi connectivity index (χ1v) is 4.23. The highest BCUT2D eigenvalue weighted by molar-refractivity contribution is 5.29. The fourth-order valence-corrected chi connectivity index (χ4v) is 3.84. The molecule has 4 fully saturated rings. The molecule has 1 aliphatic heterocycles. The highest BCUT2D eigenvalue weighted by Gasteiger charge is 2.76. The van der Waals surface area contributed by atoms with Crippen molar-refractivity contribution in [2.24, 2.45) is 23.7 Å². The van der Waals surface area contributed by atoms with Gasteiger partial charge >= 0.3 is 0 Å². The second-order valence-corrected chi connectivity index (χ2v) is 4.27. The van der Waals surface area contributed by atoms with Crippen LogP contribution in [0.3, 0.4) is 0 Å². The summed E-state index contributed by atoms with van der Waals surface area (Å²) in [6.07, 6.45) is 3.05. The van der Waals surface area contributed by atoms with E-state index in [1.807, 2.05) is 0 Å². The maximum atomic E-state index is 3.66. The van der Waals surface area contributed by atoms with Crippen molar-refractivity contribution in [2.75, 3.05) is 0 Å². The first-order chi connectivity index (χ1) is 4.47. The van der Waals surface area contributed by atoms with Crippen LogP contribution in [0.15, 0.2) is 0 Å². The Morgan fingerprint density at radius 2 is 2.00 bits per heavy atom. The van der Waals surface area contributed by atoms with E-state index in [1.54, 1.807) is 6.42 Å². The van der Waals surface area contributed by atoms with E-state index in [0.29, 0.717) is 0 Å². The van der Waals surface area contributed by atoms with E-state index in [4.69, 9.17) is 0 Å². The summed E-state index contributed by atoms with van der Waals surface area (Å²) in [5, 5.41) is 3.66. The van der Waals surface area contributed by atoms with Gasteiger partial charge in [-0.2, -0.15) is 0 Å². The Balaban J connectivity index is 1.88. The van der Waals surface area contributed by atoms with Gasteiger partial charge in [0.2, 0.25) is 0 Å². The molecule has 0 bridgehead atoms. The molecule has 6 unspecified atom stereocenters. The highest BCUT2D eigenvalue weighted by Crippen LogP contribution is 2.73. The van der Waals surface area contributed by atoms with Gasteiger partial charge in [0.25, 0.3) is 0 Å². The lowest BCUT2D eigenvalue weighted by Gasteiger charge is -2.54. The van der Waals surface area contributed by atoms with Gasteiger partial charge in [-0.1, -0.05) is 0 Å². The van der Waals surface area contributed by atoms with Gasteiger partial charge in [0, 0.05) is 12.1 Å². The van der Waals surface area contributed by atoms with Gasteiger partial charge < -0.3 is 5.32 Å². The molecular formula is C8H11N. The Morgan fingerprint density at radius 1 is 1.00 bits per heavy atom. The van der Waals surface area contributed by atoms with Crippen LogP contribution in [0, 0.1) is 23.7 Å². The number of hydrogen-bond donors (Lipinski definition) is 1. The molecule has 48 valence electrons. The maximum Gasteiger partial charge on any atom is 0.0150 e. The normalized spacial score (nSPS) is 80.0. The molecule has 1 N–H and O–H groups in total. The Bertz CT molecular complexity index is 156. The minimum atomic E-state index is 0.981. The fraction of sp³-hybridized carbons (Fsp3) is 1.00. The topological polar surface area (TPSA) is 12.0 Å². The van der Waals surface area contributed by atoms with E-state index in [0.717, 1.165) is 12.1 Å². The molecule has 0 aromatic carbocycles. The summed E-state index contributed by atoms with van der Waals surface area (Å²) in [6, 6.07) is 2.00. The zero-order chi connectivity index (χ0) is 5.59. The van der Waals surface area contributed by atoms with Gasteiger partial charge in [-0.05, 0) is 36.5 Å². The molecule has 0 aromatic heterocycles. The summed E-state index contributed by atoms with van der Waals surface area (Å²) in [6.45, 7) is 0. The van der Waals surface area contributed by atoms with Crippen LogP contribution >= 0.6 is 0 Å². The van der Waals surface area contributed by atoms with Crippen molar-refractivity contribution in [2.45, 2.75) is 24.9 Å². The van der Waals surface area contributed by atoms with Crippen molar-refractivity contribution < 1.29 is 0 Å². The number of nitrogens with one attached hydrogen (secondary N) is 1. The smallest absolute Gasteiger partial charge is 0.0150 e. The summed E-state index contributed by atoms with van der Waals surface area (Å²) in [7, 11) is 0. The first-order valence-electron chi connectivity index (χ1n) is 4.23. The van der Waals surface area contributed by atoms with Crippen LogP contribution in [0.1, 0.15) is 12.8 Å². The Morgan fingerprint density at radius 3 is 2.89 bits per heavy atom. The summed E-state index contributed by atoms with van der Waals surface area (Å²) in [5.74, 6) is 4.78. The first kappa shape index (κ1) is 3.97. The zero-order valence-corrected chi connectivity index (χ0v) is 5.38. The third kappa shape index (κ3) is 0.231. The van der Waals surface area contributed by atoms with E-state index in [1.165, 1.54) is 30.1 Å². The molecule has 6 atom stereocenters. The number of rotatable bonds is 0. The third-order valence-corrected chi connectivity index (χ3v) is 4.25. The summed E-state index contributed by atoms with van der Waals surface area (Å²) in [5.41, 5.74) is 0.